The van der Waals surface area contributed by atoms with E-state index < -0.39 is 0 Å². The molecule has 0 fully saturated rings. The molecule has 1 heteroatoms. The van der Waals surface area contributed by atoms with Gasteiger partial charge in [-0.2, -0.15) is 0 Å². The van der Waals surface area contributed by atoms with Gasteiger partial charge in [-0.1, -0.05) is 109 Å². The van der Waals surface area contributed by atoms with Gasteiger partial charge in [0.1, 0.15) is 11.2 Å². The summed E-state index contributed by atoms with van der Waals surface area (Å²) in [6.45, 7) is 0. The van der Waals surface area contributed by atoms with E-state index >= 15 is 0 Å². The minimum atomic E-state index is 0.913. The van der Waals surface area contributed by atoms with Crippen LogP contribution in [0.2, 0.25) is 0 Å². The summed E-state index contributed by atoms with van der Waals surface area (Å²) in [7, 11) is 0. The zero-order chi connectivity index (χ0) is 19.5. The molecule has 1 aromatic heterocycles. The number of fused-ring (bicyclic) bond motifs is 3. The van der Waals surface area contributed by atoms with E-state index in [1.807, 2.05) is 24.3 Å². The largest absolute Gasteiger partial charge is 0.456 e. The molecule has 5 aromatic rings. The van der Waals surface area contributed by atoms with E-state index in [2.05, 4.69) is 97.1 Å². The molecule has 0 spiro atoms. The van der Waals surface area contributed by atoms with E-state index in [4.69, 9.17) is 4.42 Å². The highest BCUT2D eigenvalue weighted by Crippen LogP contribution is 2.34. The van der Waals surface area contributed by atoms with E-state index in [0.29, 0.717) is 0 Å². The second-order valence-corrected chi connectivity index (χ2v) is 7.03. The Labute approximate surface area is 170 Å². The highest BCUT2D eigenvalue weighted by molar-refractivity contribution is 6.11. The van der Waals surface area contributed by atoms with Gasteiger partial charge in [-0.15, -0.1) is 0 Å². The lowest BCUT2D eigenvalue weighted by molar-refractivity contribution is 0.669. The first-order valence-electron chi connectivity index (χ1n) is 9.79. The normalized spacial score (nSPS) is 11.9. The van der Waals surface area contributed by atoms with Crippen LogP contribution in [0.4, 0.5) is 0 Å². The fourth-order valence-corrected chi connectivity index (χ4v) is 3.68. The molecule has 0 radical (unpaired) electrons. The Bertz CT molecular complexity index is 1320. The van der Waals surface area contributed by atoms with Crippen LogP contribution in [-0.4, -0.2) is 0 Å². The summed E-state index contributed by atoms with van der Waals surface area (Å²) >= 11 is 0. The molecule has 0 saturated heterocycles. The molecule has 4 aromatic carbocycles. The minimum absolute atomic E-state index is 0.913. The topological polar surface area (TPSA) is 13.1 Å². The van der Waals surface area contributed by atoms with Gasteiger partial charge >= 0.3 is 0 Å². The van der Waals surface area contributed by atoms with Crippen molar-refractivity contribution in [1.29, 1.82) is 0 Å². The molecule has 0 bridgehead atoms. The Hall–Kier alpha value is -3.84. The van der Waals surface area contributed by atoms with E-state index in [0.717, 1.165) is 21.9 Å². The van der Waals surface area contributed by atoms with Crippen LogP contribution in [0.15, 0.2) is 101 Å². The molecule has 0 aliphatic carbocycles. The van der Waals surface area contributed by atoms with Crippen molar-refractivity contribution in [2.24, 2.45) is 0 Å². The molecule has 0 N–H and O–H groups in total. The molecule has 5 rings (SSSR count). The van der Waals surface area contributed by atoms with Gasteiger partial charge in [0.25, 0.3) is 0 Å². The third-order valence-electron chi connectivity index (χ3n) is 5.11. The Morgan fingerprint density at radius 2 is 1.10 bits per heavy atom. The average Bonchev–Trinajstić information content (AvgIpc) is 3.17. The van der Waals surface area contributed by atoms with Crippen molar-refractivity contribution in [2.75, 3.05) is 0 Å². The van der Waals surface area contributed by atoms with Gasteiger partial charge in [-0.25, -0.2) is 0 Å². The van der Waals surface area contributed by atoms with Crippen LogP contribution >= 0.6 is 0 Å². The molecule has 0 atom stereocenters. The van der Waals surface area contributed by atoms with Gasteiger partial charge in [-0.05, 0) is 34.4 Å². The van der Waals surface area contributed by atoms with Crippen molar-refractivity contribution in [3.05, 3.63) is 119 Å². The number of furan rings is 1. The number of hydrogen-bond donors (Lipinski definition) is 0. The SMILES string of the molecule is C(=C\c1ccc2oc3ccccc3c2c1/C=C/c1ccccc1)/c1ccccc1. The summed E-state index contributed by atoms with van der Waals surface area (Å²) in [5.74, 6) is 0. The zero-order valence-electron chi connectivity index (χ0n) is 16.0. The van der Waals surface area contributed by atoms with Crippen molar-refractivity contribution >= 4 is 46.2 Å². The maximum absolute atomic E-state index is 6.10. The first-order chi connectivity index (χ1) is 14.4. The van der Waals surface area contributed by atoms with Gasteiger partial charge in [-0.3, -0.25) is 0 Å². The second-order valence-electron chi connectivity index (χ2n) is 7.03. The maximum atomic E-state index is 6.10. The number of para-hydroxylation sites is 1. The Morgan fingerprint density at radius 3 is 1.83 bits per heavy atom. The van der Waals surface area contributed by atoms with Crippen molar-refractivity contribution in [2.45, 2.75) is 0 Å². The molecule has 29 heavy (non-hydrogen) atoms. The van der Waals surface area contributed by atoms with Crippen LogP contribution < -0.4 is 0 Å². The Morgan fingerprint density at radius 1 is 0.483 bits per heavy atom. The average molecular weight is 372 g/mol. The van der Waals surface area contributed by atoms with Gasteiger partial charge in [0.05, 0.1) is 0 Å². The lowest BCUT2D eigenvalue weighted by Gasteiger charge is -2.04. The standard InChI is InChI=1S/C28H20O/c1-3-9-21(10-4-1)15-17-23-18-20-27-28(25-13-7-8-14-26(25)29-27)24(23)19-16-22-11-5-2-6-12-22/h1-20H/b17-15+,19-16+. The quantitative estimate of drug-likeness (QED) is 0.292. The van der Waals surface area contributed by atoms with Crippen molar-refractivity contribution in [1.82, 2.24) is 0 Å². The lowest BCUT2D eigenvalue weighted by Crippen LogP contribution is -1.83. The first-order valence-corrected chi connectivity index (χ1v) is 9.79. The molecule has 0 aliphatic rings. The first kappa shape index (κ1) is 17.3. The minimum Gasteiger partial charge on any atom is -0.456 e. The fourth-order valence-electron chi connectivity index (χ4n) is 3.68. The molecular formula is C28H20O. The van der Waals surface area contributed by atoms with E-state index in [9.17, 15) is 0 Å². The van der Waals surface area contributed by atoms with Crippen molar-refractivity contribution < 1.29 is 4.42 Å². The molecule has 0 aliphatic heterocycles. The molecule has 0 amide bonds. The molecule has 138 valence electrons. The summed E-state index contributed by atoms with van der Waals surface area (Å²) in [5, 5.41) is 2.30. The molecule has 1 nitrogen and oxygen atoms in total. The highest BCUT2D eigenvalue weighted by atomic mass is 16.3. The lowest BCUT2D eigenvalue weighted by atomic mass is 9.98. The van der Waals surface area contributed by atoms with Crippen molar-refractivity contribution in [3.8, 4) is 0 Å². The number of benzene rings is 4. The Kier molecular flexibility index (Phi) is 4.56. The molecule has 0 saturated carbocycles. The smallest absolute Gasteiger partial charge is 0.136 e. The summed E-state index contributed by atoms with van der Waals surface area (Å²) in [6, 6.07) is 33.2. The summed E-state index contributed by atoms with van der Waals surface area (Å²) in [4.78, 5) is 0. The monoisotopic (exact) mass is 372 g/mol. The third kappa shape index (κ3) is 3.51. The fraction of sp³-hybridized carbons (Fsp3) is 0. The van der Waals surface area contributed by atoms with Gasteiger partial charge < -0.3 is 4.42 Å². The maximum Gasteiger partial charge on any atom is 0.136 e. The van der Waals surface area contributed by atoms with E-state index in [-0.39, 0.29) is 0 Å². The predicted molar refractivity (Wildman–Crippen MR) is 124 cm³/mol. The van der Waals surface area contributed by atoms with Gasteiger partial charge in [0.15, 0.2) is 0 Å². The second kappa shape index (κ2) is 7.65. The summed E-state index contributed by atoms with van der Waals surface area (Å²) < 4.78 is 6.10. The number of rotatable bonds is 4. The highest BCUT2D eigenvalue weighted by Gasteiger charge is 2.12. The van der Waals surface area contributed by atoms with Crippen LogP contribution in [0.25, 0.3) is 46.2 Å². The third-order valence-corrected chi connectivity index (χ3v) is 5.11. The van der Waals surface area contributed by atoms with Crippen LogP contribution in [0.3, 0.4) is 0 Å². The van der Waals surface area contributed by atoms with Gasteiger partial charge in [0, 0.05) is 10.8 Å². The van der Waals surface area contributed by atoms with E-state index in [1.165, 1.54) is 22.3 Å². The number of hydrogen-bond acceptors (Lipinski definition) is 1. The van der Waals surface area contributed by atoms with Crippen LogP contribution in [-0.2, 0) is 0 Å². The van der Waals surface area contributed by atoms with Crippen LogP contribution in [0.1, 0.15) is 22.3 Å². The van der Waals surface area contributed by atoms with Gasteiger partial charge in [0.2, 0.25) is 0 Å². The van der Waals surface area contributed by atoms with Crippen LogP contribution in [0, 0.1) is 0 Å². The Balaban J connectivity index is 1.70. The summed E-state index contributed by atoms with van der Waals surface area (Å²) in [5.41, 5.74) is 6.53. The van der Waals surface area contributed by atoms with E-state index in [1.54, 1.807) is 0 Å². The van der Waals surface area contributed by atoms with Crippen LogP contribution in [0.5, 0.6) is 0 Å². The molecule has 1 heterocycles. The van der Waals surface area contributed by atoms with Crippen molar-refractivity contribution in [3.63, 3.8) is 0 Å². The molecular weight excluding hydrogens is 352 g/mol. The predicted octanol–water partition coefficient (Wildman–Crippen LogP) is 7.93. The molecule has 0 unspecified atom stereocenters. The summed E-state index contributed by atoms with van der Waals surface area (Å²) in [6.07, 6.45) is 8.70. The zero-order valence-corrected chi connectivity index (χ0v) is 16.0.